The fraction of sp³-hybridized carbons (Fsp3) is 0.200. The highest BCUT2D eigenvalue weighted by atomic mass is 32.1. The number of hydrogen-bond acceptors (Lipinski definition) is 1. The minimum atomic E-state index is 1.33. The minimum absolute atomic E-state index is 1.33. The van der Waals surface area contributed by atoms with Crippen LogP contribution in [0, 0.1) is 27.7 Å². The minimum Gasteiger partial charge on any atom is -0.144 e. The van der Waals surface area contributed by atoms with Gasteiger partial charge in [-0.2, -0.15) is 0 Å². The van der Waals surface area contributed by atoms with Gasteiger partial charge in [-0.3, -0.25) is 0 Å². The third-order valence-electron chi connectivity index (χ3n) is 4.07. The Kier molecular flexibility index (Phi) is 3.69. The van der Waals surface area contributed by atoms with Crippen molar-refractivity contribution in [3.05, 3.63) is 70.1 Å². The Hall–Kier alpha value is -1.86. The maximum Gasteiger partial charge on any atom is 0.0348 e. The number of thiophene rings is 1. The zero-order valence-corrected chi connectivity index (χ0v) is 13.8. The molecule has 0 atom stereocenters. The number of aryl methyl sites for hydroxylation is 4. The molecule has 1 heterocycles. The lowest BCUT2D eigenvalue weighted by molar-refractivity contribution is 1.34. The van der Waals surface area contributed by atoms with Gasteiger partial charge in [0.05, 0.1) is 0 Å². The molecular formula is C20H20S. The summed E-state index contributed by atoms with van der Waals surface area (Å²) in [6.45, 7) is 8.83. The summed E-state index contributed by atoms with van der Waals surface area (Å²) in [6.07, 6.45) is 0. The first kappa shape index (κ1) is 14.1. The van der Waals surface area contributed by atoms with Crippen LogP contribution < -0.4 is 0 Å². The molecule has 0 aliphatic carbocycles. The molecule has 0 aliphatic heterocycles. The molecule has 21 heavy (non-hydrogen) atoms. The van der Waals surface area contributed by atoms with Crippen LogP contribution in [-0.4, -0.2) is 0 Å². The first-order valence-corrected chi connectivity index (χ1v) is 8.17. The first-order valence-electron chi connectivity index (χ1n) is 7.29. The SMILES string of the molecule is Cc1cccc(C)c1-c1cc(C)c(-c2cccs2)c(C)c1. The van der Waals surface area contributed by atoms with E-state index in [4.69, 9.17) is 0 Å². The first-order chi connectivity index (χ1) is 10.1. The Morgan fingerprint density at radius 2 is 1.29 bits per heavy atom. The Labute approximate surface area is 131 Å². The van der Waals surface area contributed by atoms with Crippen molar-refractivity contribution in [3.63, 3.8) is 0 Å². The molecule has 0 spiro atoms. The third kappa shape index (κ3) is 2.54. The molecule has 106 valence electrons. The van der Waals surface area contributed by atoms with E-state index >= 15 is 0 Å². The van der Waals surface area contributed by atoms with Crippen molar-refractivity contribution in [1.29, 1.82) is 0 Å². The standard InChI is InChI=1S/C20H20S/c1-13-7-5-8-14(2)19(13)17-11-15(3)20(16(4)12-17)18-9-6-10-21-18/h5-12H,1-4H3. The van der Waals surface area contributed by atoms with Crippen LogP contribution in [0.1, 0.15) is 22.3 Å². The Balaban J connectivity index is 2.20. The van der Waals surface area contributed by atoms with Crippen molar-refractivity contribution >= 4 is 11.3 Å². The van der Waals surface area contributed by atoms with Crippen molar-refractivity contribution in [1.82, 2.24) is 0 Å². The summed E-state index contributed by atoms with van der Waals surface area (Å²) in [5.41, 5.74) is 9.50. The zero-order valence-electron chi connectivity index (χ0n) is 13.0. The molecule has 1 aromatic heterocycles. The van der Waals surface area contributed by atoms with Crippen LogP contribution in [0.25, 0.3) is 21.6 Å². The molecule has 0 fully saturated rings. The molecule has 0 aliphatic rings. The lowest BCUT2D eigenvalue weighted by atomic mass is 9.90. The summed E-state index contributed by atoms with van der Waals surface area (Å²) in [5.74, 6) is 0. The largest absolute Gasteiger partial charge is 0.144 e. The van der Waals surface area contributed by atoms with E-state index in [-0.39, 0.29) is 0 Å². The van der Waals surface area contributed by atoms with Gasteiger partial charge < -0.3 is 0 Å². The maximum atomic E-state index is 2.33. The molecule has 2 aromatic carbocycles. The average Bonchev–Trinajstić information content (AvgIpc) is 2.91. The Morgan fingerprint density at radius 1 is 0.667 bits per heavy atom. The molecule has 3 rings (SSSR count). The van der Waals surface area contributed by atoms with Crippen molar-refractivity contribution in [3.8, 4) is 21.6 Å². The van der Waals surface area contributed by atoms with Gasteiger partial charge in [0.1, 0.15) is 0 Å². The van der Waals surface area contributed by atoms with Gasteiger partial charge in [0.25, 0.3) is 0 Å². The van der Waals surface area contributed by atoms with Gasteiger partial charge >= 0.3 is 0 Å². The van der Waals surface area contributed by atoms with E-state index in [0.29, 0.717) is 0 Å². The van der Waals surface area contributed by atoms with Gasteiger partial charge in [-0.05, 0) is 78.1 Å². The van der Waals surface area contributed by atoms with Crippen molar-refractivity contribution < 1.29 is 0 Å². The molecule has 0 saturated heterocycles. The van der Waals surface area contributed by atoms with Crippen LogP contribution in [0.3, 0.4) is 0 Å². The fourth-order valence-corrected chi connectivity index (χ4v) is 4.09. The lowest BCUT2D eigenvalue weighted by Crippen LogP contribution is -1.92. The topological polar surface area (TPSA) is 0 Å². The molecule has 0 bridgehead atoms. The molecule has 1 heteroatoms. The molecule has 0 N–H and O–H groups in total. The number of benzene rings is 2. The van der Waals surface area contributed by atoms with Crippen molar-refractivity contribution in [2.24, 2.45) is 0 Å². The summed E-state index contributed by atoms with van der Waals surface area (Å²) in [7, 11) is 0. The summed E-state index contributed by atoms with van der Waals surface area (Å²) >= 11 is 1.81. The Bertz CT molecular complexity index is 736. The third-order valence-corrected chi connectivity index (χ3v) is 4.96. The quantitative estimate of drug-likeness (QED) is 0.518. The smallest absolute Gasteiger partial charge is 0.0348 e. The Morgan fingerprint density at radius 3 is 1.81 bits per heavy atom. The molecule has 0 unspecified atom stereocenters. The second kappa shape index (κ2) is 5.50. The van der Waals surface area contributed by atoms with Crippen molar-refractivity contribution in [2.75, 3.05) is 0 Å². The maximum absolute atomic E-state index is 2.33. The normalized spacial score (nSPS) is 10.9. The van der Waals surface area contributed by atoms with Crippen LogP contribution in [0.5, 0.6) is 0 Å². The fourth-order valence-electron chi connectivity index (χ4n) is 3.19. The van der Waals surface area contributed by atoms with Gasteiger partial charge in [0.2, 0.25) is 0 Å². The second-order valence-electron chi connectivity index (χ2n) is 5.73. The highest BCUT2D eigenvalue weighted by molar-refractivity contribution is 7.13. The van der Waals surface area contributed by atoms with E-state index < -0.39 is 0 Å². The van der Waals surface area contributed by atoms with Crippen LogP contribution in [0.15, 0.2) is 47.8 Å². The summed E-state index contributed by atoms with van der Waals surface area (Å²) < 4.78 is 0. The predicted molar refractivity (Wildman–Crippen MR) is 94.1 cm³/mol. The second-order valence-corrected chi connectivity index (χ2v) is 6.68. The van der Waals surface area contributed by atoms with E-state index in [0.717, 1.165) is 0 Å². The monoisotopic (exact) mass is 292 g/mol. The summed E-state index contributed by atoms with van der Waals surface area (Å²) in [5, 5.41) is 2.15. The van der Waals surface area contributed by atoms with Crippen LogP contribution in [-0.2, 0) is 0 Å². The molecule has 0 nitrogen and oxygen atoms in total. The molecular weight excluding hydrogens is 272 g/mol. The summed E-state index contributed by atoms with van der Waals surface area (Å²) in [6, 6.07) is 15.5. The molecule has 0 saturated carbocycles. The molecule has 3 aromatic rings. The van der Waals surface area contributed by atoms with Crippen LogP contribution >= 0.6 is 11.3 Å². The van der Waals surface area contributed by atoms with Crippen molar-refractivity contribution in [2.45, 2.75) is 27.7 Å². The van der Waals surface area contributed by atoms with E-state index in [1.807, 2.05) is 11.3 Å². The predicted octanol–water partition coefficient (Wildman–Crippen LogP) is 6.32. The number of hydrogen-bond donors (Lipinski definition) is 0. The van der Waals surface area contributed by atoms with Gasteiger partial charge in [0.15, 0.2) is 0 Å². The average molecular weight is 292 g/mol. The number of rotatable bonds is 2. The zero-order chi connectivity index (χ0) is 15.0. The highest BCUT2D eigenvalue weighted by Crippen LogP contribution is 2.36. The van der Waals surface area contributed by atoms with E-state index in [9.17, 15) is 0 Å². The van der Waals surface area contributed by atoms with E-state index in [2.05, 4.69) is 75.5 Å². The van der Waals surface area contributed by atoms with E-state index in [1.165, 1.54) is 43.8 Å². The van der Waals surface area contributed by atoms with Gasteiger partial charge in [-0.15, -0.1) is 11.3 Å². The molecule has 0 amide bonds. The summed E-state index contributed by atoms with van der Waals surface area (Å²) in [4.78, 5) is 1.36. The lowest BCUT2D eigenvalue weighted by Gasteiger charge is -2.15. The highest BCUT2D eigenvalue weighted by Gasteiger charge is 2.11. The van der Waals surface area contributed by atoms with Crippen LogP contribution in [0.4, 0.5) is 0 Å². The van der Waals surface area contributed by atoms with Gasteiger partial charge in [-0.1, -0.05) is 36.4 Å². The van der Waals surface area contributed by atoms with Gasteiger partial charge in [0, 0.05) is 4.88 Å². The van der Waals surface area contributed by atoms with E-state index in [1.54, 1.807) is 0 Å². The van der Waals surface area contributed by atoms with Gasteiger partial charge in [-0.25, -0.2) is 0 Å². The molecule has 0 radical (unpaired) electrons. The van der Waals surface area contributed by atoms with Crippen LogP contribution in [0.2, 0.25) is 0 Å².